The number of urea groups is 1. The van der Waals surface area contributed by atoms with Gasteiger partial charge in [-0.2, -0.15) is 0 Å². The standard InChI is InChI=1S/C16H23F5N2O4Si/c1-3-25-16(27-28,26-4-2)7-5-6-8-22-15(24)23-14-12(20)10(18)9(17)11(19)13(14)21/h3-8H2,1-2,28H3,(H2,22,23,24). The molecule has 0 atom stereocenters. The Morgan fingerprint density at radius 3 is 1.89 bits per heavy atom. The highest BCUT2D eigenvalue weighted by molar-refractivity contribution is 5.98. The second kappa shape index (κ2) is 11.3. The lowest BCUT2D eigenvalue weighted by molar-refractivity contribution is -0.343. The van der Waals surface area contributed by atoms with E-state index in [4.69, 9.17) is 13.9 Å². The second-order valence-corrected chi connectivity index (χ2v) is 5.94. The Kier molecular flexibility index (Phi) is 9.79. The van der Waals surface area contributed by atoms with Crippen molar-refractivity contribution in [3.8, 4) is 0 Å². The zero-order chi connectivity index (χ0) is 21.3. The summed E-state index contributed by atoms with van der Waals surface area (Å²) in [4.78, 5) is 11.7. The number of hydrogen-bond donors (Lipinski definition) is 2. The van der Waals surface area contributed by atoms with Gasteiger partial charge in [-0.25, -0.2) is 26.7 Å². The summed E-state index contributed by atoms with van der Waals surface area (Å²) in [5.74, 6) is -12.0. The number of benzene rings is 1. The van der Waals surface area contributed by atoms with Crippen molar-refractivity contribution in [2.24, 2.45) is 0 Å². The fourth-order valence-electron chi connectivity index (χ4n) is 2.39. The summed E-state index contributed by atoms with van der Waals surface area (Å²) < 4.78 is 82.6. The van der Waals surface area contributed by atoms with Crippen LogP contribution in [-0.2, 0) is 13.9 Å². The molecule has 0 heterocycles. The average Bonchev–Trinajstić information content (AvgIpc) is 2.68. The van der Waals surface area contributed by atoms with Gasteiger partial charge in [0.25, 0.3) is 5.97 Å². The van der Waals surface area contributed by atoms with Crippen LogP contribution in [0.25, 0.3) is 0 Å². The lowest BCUT2D eigenvalue weighted by atomic mass is 10.2. The fraction of sp³-hybridized carbons (Fsp3) is 0.562. The molecule has 0 unspecified atom stereocenters. The van der Waals surface area contributed by atoms with Gasteiger partial charge < -0.3 is 24.5 Å². The maximum absolute atomic E-state index is 13.5. The van der Waals surface area contributed by atoms with Gasteiger partial charge in [0.05, 0.1) is 0 Å². The minimum atomic E-state index is -2.30. The number of nitrogens with one attached hydrogen (secondary N) is 2. The van der Waals surface area contributed by atoms with Gasteiger partial charge in [-0.1, -0.05) is 0 Å². The zero-order valence-electron chi connectivity index (χ0n) is 15.8. The molecule has 1 aromatic carbocycles. The molecule has 1 aromatic rings. The SMILES string of the molecule is CCOC(CCCCNC(=O)Nc1c(F)c(F)c(F)c(F)c1F)(O[SiH3])OCC. The number of rotatable bonds is 11. The lowest BCUT2D eigenvalue weighted by Gasteiger charge is -2.31. The summed E-state index contributed by atoms with van der Waals surface area (Å²) in [6.45, 7) is 4.42. The van der Waals surface area contributed by atoms with Gasteiger partial charge >= 0.3 is 6.03 Å². The third-order valence-electron chi connectivity index (χ3n) is 3.68. The molecule has 0 aliphatic rings. The summed E-state index contributed by atoms with van der Waals surface area (Å²) >= 11 is 0. The average molecular weight is 430 g/mol. The van der Waals surface area contributed by atoms with Gasteiger partial charge in [0.2, 0.25) is 5.82 Å². The van der Waals surface area contributed by atoms with Crippen LogP contribution in [-0.4, -0.2) is 42.2 Å². The highest BCUT2D eigenvalue weighted by atomic mass is 28.2. The highest BCUT2D eigenvalue weighted by Gasteiger charge is 2.30. The Bertz CT molecular complexity index is 646. The molecule has 2 amide bonds. The zero-order valence-corrected chi connectivity index (χ0v) is 17.8. The van der Waals surface area contributed by atoms with Gasteiger partial charge in [-0.15, -0.1) is 0 Å². The summed E-state index contributed by atoms with van der Waals surface area (Å²) in [6, 6.07) is -1.11. The largest absolute Gasteiger partial charge is 0.380 e. The van der Waals surface area contributed by atoms with E-state index in [9.17, 15) is 26.7 Å². The summed E-state index contributed by atoms with van der Waals surface area (Å²) in [7, 11) is 0.384. The van der Waals surface area contributed by atoms with Crippen molar-refractivity contribution in [2.45, 2.75) is 39.1 Å². The van der Waals surface area contributed by atoms with Crippen LogP contribution in [0.5, 0.6) is 0 Å². The van der Waals surface area contributed by atoms with E-state index in [1.165, 1.54) is 0 Å². The first-order valence-electron chi connectivity index (χ1n) is 8.62. The summed E-state index contributed by atoms with van der Waals surface area (Å²) in [5, 5.41) is 3.90. The molecule has 2 N–H and O–H groups in total. The molecule has 6 nitrogen and oxygen atoms in total. The van der Waals surface area contributed by atoms with E-state index in [0.717, 1.165) is 0 Å². The van der Waals surface area contributed by atoms with Crippen LogP contribution in [0.4, 0.5) is 32.4 Å². The quantitative estimate of drug-likeness (QED) is 0.141. The van der Waals surface area contributed by atoms with E-state index in [2.05, 4.69) is 5.32 Å². The van der Waals surface area contributed by atoms with E-state index in [0.29, 0.717) is 43.0 Å². The molecule has 0 spiro atoms. The molecule has 0 saturated heterocycles. The second-order valence-electron chi connectivity index (χ2n) is 5.54. The van der Waals surface area contributed by atoms with Crippen LogP contribution in [0.3, 0.4) is 0 Å². The molecule has 0 saturated carbocycles. The molecule has 0 aliphatic heterocycles. The molecule has 28 heavy (non-hydrogen) atoms. The van der Waals surface area contributed by atoms with Gasteiger partial charge in [-0.05, 0) is 26.7 Å². The third-order valence-corrected chi connectivity index (χ3v) is 4.31. The Hall–Kier alpha value is -1.76. The number of halogens is 5. The van der Waals surface area contributed by atoms with E-state index in [-0.39, 0.29) is 6.54 Å². The molecule has 0 bridgehead atoms. The van der Waals surface area contributed by atoms with Crippen LogP contribution >= 0.6 is 0 Å². The summed E-state index contributed by atoms with van der Waals surface area (Å²) in [5.41, 5.74) is -1.41. The van der Waals surface area contributed by atoms with Crippen molar-refractivity contribution >= 4 is 22.2 Å². The van der Waals surface area contributed by atoms with Crippen molar-refractivity contribution in [1.29, 1.82) is 0 Å². The van der Waals surface area contributed by atoms with Gasteiger partial charge in [0.1, 0.15) is 5.69 Å². The van der Waals surface area contributed by atoms with Crippen LogP contribution in [0.1, 0.15) is 33.1 Å². The fourth-order valence-corrected chi connectivity index (χ4v) is 2.83. The molecule has 0 aliphatic carbocycles. The number of amides is 2. The number of anilines is 1. The van der Waals surface area contributed by atoms with E-state index >= 15 is 0 Å². The first-order chi connectivity index (χ1) is 13.2. The first-order valence-corrected chi connectivity index (χ1v) is 9.43. The van der Waals surface area contributed by atoms with Gasteiger partial charge in [0.15, 0.2) is 33.8 Å². The van der Waals surface area contributed by atoms with Crippen molar-refractivity contribution in [3.63, 3.8) is 0 Å². The van der Waals surface area contributed by atoms with Crippen LogP contribution in [0.2, 0.25) is 0 Å². The Labute approximate surface area is 162 Å². The lowest BCUT2D eigenvalue weighted by Crippen LogP contribution is -2.39. The smallest absolute Gasteiger partial charge is 0.319 e. The predicted octanol–water partition coefficient (Wildman–Crippen LogP) is 2.70. The van der Waals surface area contributed by atoms with Gasteiger partial charge in [-0.3, -0.25) is 0 Å². The topological polar surface area (TPSA) is 68.8 Å². The monoisotopic (exact) mass is 430 g/mol. The minimum absolute atomic E-state index is 0.0801. The minimum Gasteiger partial charge on any atom is -0.380 e. The number of unbranched alkanes of at least 4 members (excludes halogenated alkanes) is 1. The van der Waals surface area contributed by atoms with Crippen molar-refractivity contribution in [3.05, 3.63) is 29.1 Å². The maximum atomic E-state index is 13.5. The maximum Gasteiger partial charge on any atom is 0.319 e. The number of hydrogen-bond acceptors (Lipinski definition) is 4. The first kappa shape index (κ1) is 24.3. The molecular formula is C16H23F5N2O4Si. The molecule has 0 aromatic heterocycles. The van der Waals surface area contributed by atoms with E-state index in [1.807, 2.05) is 0 Å². The molecule has 0 radical (unpaired) electrons. The normalized spacial score (nSPS) is 11.7. The highest BCUT2D eigenvalue weighted by Crippen LogP contribution is 2.27. The Morgan fingerprint density at radius 1 is 0.929 bits per heavy atom. The third kappa shape index (κ3) is 6.12. The van der Waals surface area contributed by atoms with Crippen molar-refractivity contribution in [2.75, 3.05) is 25.1 Å². The molecule has 160 valence electrons. The molecular weight excluding hydrogens is 407 g/mol. The number of ether oxygens (including phenoxy) is 2. The molecule has 1 rings (SSSR count). The van der Waals surface area contributed by atoms with E-state index in [1.54, 1.807) is 19.2 Å². The van der Waals surface area contributed by atoms with E-state index < -0.39 is 46.8 Å². The number of carbonyl (C=O) groups is 1. The van der Waals surface area contributed by atoms with Crippen LogP contribution in [0.15, 0.2) is 0 Å². The van der Waals surface area contributed by atoms with Crippen LogP contribution in [0, 0.1) is 29.1 Å². The molecule has 12 heteroatoms. The van der Waals surface area contributed by atoms with Crippen molar-refractivity contribution < 1.29 is 40.6 Å². The summed E-state index contributed by atoms with van der Waals surface area (Å²) in [6.07, 6.45) is 1.33. The van der Waals surface area contributed by atoms with Gasteiger partial charge in [0, 0.05) is 26.2 Å². The van der Waals surface area contributed by atoms with Crippen molar-refractivity contribution in [1.82, 2.24) is 5.32 Å². The van der Waals surface area contributed by atoms with Crippen LogP contribution < -0.4 is 10.6 Å². The molecule has 0 fully saturated rings. The predicted molar refractivity (Wildman–Crippen MR) is 94.1 cm³/mol. The number of carbonyl (C=O) groups excluding carboxylic acids is 1. The Morgan fingerprint density at radius 2 is 1.43 bits per heavy atom. The Balaban J connectivity index is 2.55.